The van der Waals surface area contributed by atoms with E-state index in [0.29, 0.717) is 36.3 Å². The van der Waals surface area contributed by atoms with Gasteiger partial charge in [0.1, 0.15) is 11.9 Å². The molecule has 1 aromatic carbocycles. The van der Waals surface area contributed by atoms with E-state index < -0.39 is 0 Å². The molecule has 1 unspecified atom stereocenters. The monoisotopic (exact) mass is 263 g/mol. The molecule has 1 fully saturated rings. The number of benzene rings is 1. The minimum atomic E-state index is -0.375. The first-order valence-electron chi connectivity index (χ1n) is 6.15. The van der Waals surface area contributed by atoms with Crippen molar-refractivity contribution in [2.45, 2.75) is 6.10 Å². The van der Waals surface area contributed by atoms with E-state index in [-0.39, 0.29) is 17.5 Å². The first-order chi connectivity index (χ1) is 9.16. The Morgan fingerprint density at radius 1 is 1.32 bits per heavy atom. The van der Waals surface area contributed by atoms with Gasteiger partial charge < -0.3 is 14.0 Å². The van der Waals surface area contributed by atoms with Gasteiger partial charge in [0.25, 0.3) is 5.56 Å². The molecular weight excluding hydrogens is 249 g/mol. The second-order valence-electron chi connectivity index (χ2n) is 4.60. The minimum absolute atomic E-state index is 0.130. The molecule has 0 saturated carbocycles. The molecule has 1 aliphatic rings. The summed E-state index contributed by atoms with van der Waals surface area (Å²) in [5.74, 6) is -0.321. The second kappa shape index (κ2) is 4.75. The van der Waals surface area contributed by atoms with Crippen LogP contribution in [-0.4, -0.2) is 24.4 Å². The first kappa shape index (κ1) is 12.3. The standard InChI is InChI=1S/C14H14FNO3/c1-16-12-3-2-10(15)6-9(12)7-11(14(16)17)13-8-18-4-5-19-13/h2-3,6-7,13H,4-5,8H2,1H3. The van der Waals surface area contributed by atoms with E-state index in [0.717, 1.165) is 0 Å². The van der Waals surface area contributed by atoms with Crippen molar-refractivity contribution in [1.82, 2.24) is 4.57 Å². The number of halogens is 1. The van der Waals surface area contributed by atoms with Crippen LogP contribution < -0.4 is 5.56 Å². The Labute approximate surface area is 109 Å². The number of pyridine rings is 1. The molecule has 4 nitrogen and oxygen atoms in total. The fraction of sp³-hybridized carbons (Fsp3) is 0.357. The highest BCUT2D eigenvalue weighted by atomic mass is 19.1. The summed E-state index contributed by atoms with van der Waals surface area (Å²) in [7, 11) is 1.68. The molecule has 5 heteroatoms. The van der Waals surface area contributed by atoms with Gasteiger partial charge in [0, 0.05) is 18.0 Å². The van der Waals surface area contributed by atoms with Crippen LogP contribution in [0.1, 0.15) is 11.7 Å². The molecule has 0 spiro atoms. The normalized spacial score (nSPS) is 19.8. The molecule has 1 aromatic heterocycles. The van der Waals surface area contributed by atoms with Gasteiger partial charge in [-0.1, -0.05) is 0 Å². The molecule has 2 aromatic rings. The zero-order valence-corrected chi connectivity index (χ0v) is 10.6. The number of rotatable bonds is 1. The third-order valence-electron chi connectivity index (χ3n) is 3.38. The fourth-order valence-electron chi connectivity index (χ4n) is 2.38. The van der Waals surface area contributed by atoms with Crippen molar-refractivity contribution < 1.29 is 13.9 Å². The number of aromatic nitrogens is 1. The highest BCUT2D eigenvalue weighted by Crippen LogP contribution is 2.22. The molecule has 3 rings (SSSR count). The van der Waals surface area contributed by atoms with Gasteiger partial charge in [0.15, 0.2) is 0 Å². The summed E-state index contributed by atoms with van der Waals surface area (Å²) in [6.45, 7) is 1.37. The number of fused-ring (bicyclic) bond motifs is 1. The lowest BCUT2D eigenvalue weighted by Gasteiger charge is -2.23. The molecule has 0 amide bonds. The molecule has 0 bridgehead atoms. The predicted octanol–water partition coefficient (Wildman–Crippen LogP) is 1.77. The van der Waals surface area contributed by atoms with Crippen LogP contribution in [0.25, 0.3) is 10.9 Å². The van der Waals surface area contributed by atoms with Gasteiger partial charge >= 0.3 is 0 Å². The van der Waals surface area contributed by atoms with Crippen molar-refractivity contribution in [2.24, 2.45) is 7.05 Å². The lowest BCUT2D eigenvalue weighted by atomic mass is 10.1. The van der Waals surface area contributed by atoms with Crippen LogP contribution in [0.2, 0.25) is 0 Å². The van der Waals surface area contributed by atoms with E-state index in [4.69, 9.17) is 9.47 Å². The Hall–Kier alpha value is -1.72. The summed E-state index contributed by atoms with van der Waals surface area (Å²) in [6.07, 6.45) is -0.375. The molecule has 19 heavy (non-hydrogen) atoms. The summed E-state index contributed by atoms with van der Waals surface area (Å²) in [4.78, 5) is 12.3. The summed E-state index contributed by atoms with van der Waals surface area (Å²) in [6, 6.07) is 6.07. The zero-order chi connectivity index (χ0) is 13.4. The topological polar surface area (TPSA) is 40.5 Å². The second-order valence-corrected chi connectivity index (χ2v) is 4.60. The van der Waals surface area contributed by atoms with Crippen LogP contribution in [0.15, 0.2) is 29.1 Å². The van der Waals surface area contributed by atoms with E-state index in [1.807, 2.05) is 0 Å². The van der Waals surface area contributed by atoms with Gasteiger partial charge in [0.2, 0.25) is 0 Å². The van der Waals surface area contributed by atoms with Crippen molar-refractivity contribution in [2.75, 3.05) is 19.8 Å². The SMILES string of the molecule is Cn1c(=O)c(C2COCCO2)cc2cc(F)ccc21. The van der Waals surface area contributed by atoms with Crippen molar-refractivity contribution >= 4 is 10.9 Å². The smallest absolute Gasteiger partial charge is 0.256 e. The Kier molecular flexibility index (Phi) is 3.08. The van der Waals surface area contributed by atoms with Crippen LogP contribution in [0.3, 0.4) is 0 Å². The number of nitrogens with zero attached hydrogens (tertiary/aromatic N) is 1. The fourth-order valence-corrected chi connectivity index (χ4v) is 2.38. The average molecular weight is 263 g/mol. The average Bonchev–Trinajstić information content (AvgIpc) is 2.43. The Balaban J connectivity index is 2.19. The van der Waals surface area contributed by atoms with Crippen LogP contribution in [0.5, 0.6) is 0 Å². The largest absolute Gasteiger partial charge is 0.376 e. The summed E-state index contributed by atoms with van der Waals surface area (Å²) in [5, 5.41) is 0.686. The van der Waals surface area contributed by atoms with Crippen molar-refractivity contribution in [1.29, 1.82) is 0 Å². The number of hydrogen-bond donors (Lipinski definition) is 0. The molecule has 1 atom stereocenters. The number of aryl methyl sites for hydroxylation is 1. The van der Waals surface area contributed by atoms with Crippen molar-refractivity contribution in [3.05, 3.63) is 46.0 Å². The molecule has 0 N–H and O–H groups in total. The predicted molar refractivity (Wildman–Crippen MR) is 68.7 cm³/mol. The van der Waals surface area contributed by atoms with E-state index >= 15 is 0 Å². The van der Waals surface area contributed by atoms with Gasteiger partial charge in [0.05, 0.1) is 25.3 Å². The maximum absolute atomic E-state index is 13.3. The van der Waals surface area contributed by atoms with Crippen molar-refractivity contribution in [3.8, 4) is 0 Å². The Morgan fingerprint density at radius 2 is 2.16 bits per heavy atom. The van der Waals surface area contributed by atoms with E-state index in [1.54, 1.807) is 19.2 Å². The van der Waals surface area contributed by atoms with Gasteiger partial charge in [-0.15, -0.1) is 0 Å². The van der Waals surface area contributed by atoms with Gasteiger partial charge in [-0.2, -0.15) is 0 Å². The Morgan fingerprint density at radius 3 is 2.89 bits per heavy atom. The third kappa shape index (κ3) is 2.15. The minimum Gasteiger partial charge on any atom is -0.376 e. The van der Waals surface area contributed by atoms with Crippen LogP contribution >= 0.6 is 0 Å². The third-order valence-corrected chi connectivity index (χ3v) is 3.38. The van der Waals surface area contributed by atoms with Crippen LogP contribution in [0, 0.1) is 5.82 Å². The van der Waals surface area contributed by atoms with E-state index in [1.165, 1.54) is 16.7 Å². The quantitative estimate of drug-likeness (QED) is 0.787. The summed E-state index contributed by atoms with van der Waals surface area (Å²) < 4.78 is 25.7. The highest BCUT2D eigenvalue weighted by Gasteiger charge is 2.21. The summed E-state index contributed by atoms with van der Waals surface area (Å²) in [5.41, 5.74) is 1.08. The maximum atomic E-state index is 13.3. The first-order valence-corrected chi connectivity index (χ1v) is 6.15. The van der Waals surface area contributed by atoms with Crippen molar-refractivity contribution in [3.63, 3.8) is 0 Å². The lowest BCUT2D eigenvalue weighted by Crippen LogP contribution is -2.30. The summed E-state index contributed by atoms with van der Waals surface area (Å²) >= 11 is 0. The highest BCUT2D eigenvalue weighted by molar-refractivity contribution is 5.79. The zero-order valence-electron chi connectivity index (χ0n) is 10.6. The Bertz CT molecular complexity index is 674. The van der Waals surface area contributed by atoms with Gasteiger partial charge in [-0.25, -0.2) is 4.39 Å². The lowest BCUT2D eigenvalue weighted by molar-refractivity contribution is -0.0907. The molecule has 0 aliphatic carbocycles. The van der Waals surface area contributed by atoms with Crippen LogP contribution in [-0.2, 0) is 16.5 Å². The van der Waals surface area contributed by atoms with E-state index in [9.17, 15) is 9.18 Å². The maximum Gasteiger partial charge on any atom is 0.256 e. The van der Waals surface area contributed by atoms with Gasteiger partial charge in [-0.05, 0) is 24.3 Å². The number of hydrogen-bond acceptors (Lipinski definition) is 3. The number of ether oxygens (including phenoxy) is 2. The molecule has 2 heterocycles. The molecule has 100 valence electrons. The molecule has 0 radical (unpaired) electrons. The molecule has 1 saturated heterocycles. The molecule has 1 aliphatic heterocycles. The van der Waals surface area contributed by atoms with E-state index in [2.05, 4.69) is 0 Å². The molecular formula is C14H14FNO3. The van der Waals surface area contributed by atoms with Gasteiger partial charge in [-0.3, -0.25) is 4.79 Å². The van der Waals surface area contributed by atoms with Crippen LogP contribution in [0.4, 0.5) is 4.39 Å².